The van der Waals surface area contributed by atoms with Crippen molar-refractivity contribution in [2.45, 2.75) is 25.8 Å². The number of nitro groups is 1. The molecule has 17 heavy (non-hydrogen) atoms. The van der Waals surface area contributed by atoms with Crippen LogP contribution in [0.4, 0.5) is 11.5 Å². The van der Waals surface area contributed by atoms with E-state index in [1.165, 1.54) is 6.07 Å². The first kappa shape index (κ1) is 11.8. The summed E-state index contributed by atoms with van der Waals surface area (Å²) < 4.78 is 0. The van der Waals surface area contributed by atoms with Crippen LogP contribution in [0.2, 0.25) is 0 Å². The predicted molar refractivity (Wildman–Crippen MR) is 63.1 cm³/mol. The van der Waals surface area contributed by atoms with E-state index >= 15 is 0 Å². The molecule has 1 atom stereocenters. The zero-order valence-corrected chi connectivity index (χ0v) is 9.67. The van der Waals surface area contributed by atoms with Crippen LogP contribution in [0.3, 0.4) is 0 Å². The monoisotopic (exact) mass is 237 g/mol. The summed E-state index contributed by atoms with van der Waals surface area (Å²) in [7, 11) is 0. The third kappa shape index (κ3) is 2.21. The van der Waals surface area contributed by atoms with Gasteiger partial charge in [-0.25, -0.2) is 4.98 Å². The highest BCUT2D eigenvalue weighted by molar-refractivity contribution is 5.48. The molecule has 1 N–H and O–H groups in total. The number of nitrogens with zero attached hydrogens (tertiary/aromatic N) is 3. The molecule has 0 saturated carbocycles. The Morgan fingerprint density at radius 2 is 2.41 bits per heavy atom. The SMILES string of the molecule is Cc1nc(N2CCCC2CO)ccc1[N+](=O)[O-]. The number of aliphatic hydroxyl groups excluding tert-OH is 1. The summed E-state index contributed by atoms with van der Waals surface area (Å²) in [5.74, 6) is 0.713. The van der Waals surface area contributed by atoms with Crippen LogP contribution in [0.1, 0.15) is 18.5 Å². The van der Waals surface area contributed by atoms with Crippen LogP contribution >= 0.6 is 0 Å². The molecule has 0 spiro atoms. The molecule has 6 nitrogen and oxygen atoms in total. The van der Waals surface area contributed by atoms with Crippen molar-refractivity contribution in [1.29, 1.82) is 0 Å². The van der Waals surface area contributed by atoms with Crippen molar-refractivity contribution in [3.05, 3.63) is 27.9 Å². The van der Waals surface area contributed by atoms with Crippen molar-refractivity contribution in [3.8, 4) is 0 Å². The summed E-state index contributed by atoms with van der Waals surface area (Å²) in [6.07, 6.45) is 1.96. The van der Waals surface area contributed by atoms with Gasteiger partial charge in [-0.3, -0.25) is 10.1 Å². The molecule has 6 heteroatoms. The minimum atomic E-state index is -0.431. The molecule has 2 heterocycles. The van der Waals surface area contributed by atoms with Gasteiger partial charge in [-0.2, -0.15) is 0 Å². The fourth-order valence-electron chi connectivity index (χ4n) is 2.22. The van der Waals surface area contributed by atoms with Crippen molar-refractivity contribution in [2.75, 3.05) is 18.1 Å². The summed E-state index contributed by atoms with van der Waals surface area (Å²) in [4.78, 5) is 16.5. The van der Waals surface area contributed by atoms with Gasteiger partial charge in [0, 0.05) is 12.6 Å². The van der Waals surface area contributed by atoms with Crippen LogP contribution in [0.25, 0.3) is 0 Å². The first-order valence-corrected chi connectivity index (χ1v) is 5.63. The lowest BCUT2D eigenvalue weighted by Gasteiger charge is -2.24. The van der Waals surface area contributed by atoms with Crippen molar-refractivity contribution in [2.24, 2.45) is 0 Å². The largest absolute Gasteiger partial charge is 0.394 e. The molecule has 0 aromatic carbocycles. The molecule has 1 unspecified atom stereocenters. The molecule has 1 aliphatic heterocycles. The van der Waals surface area contributed by atoms with E-state index in [0.29, 0.717) is 11.5 Å². The number of pyridine rings is 1. The van der Waals surface area contributed by atoms with Crippen molar-refractivity contribution in [1.82, 2.24) is 4.98 Å². The minimum Gasteiger partial charge on any atom is -0.394 e. The van der Waals surface area contributed by atoms with E-state index in [2.05, 4.69) is 4.98 Å². The number of aromatic nitrogens is 1. The Hall–Kier alpha value is -1.69. The van der Waals surface area contributed by atoms with E-state index in [1.807, 2.05) is 4.90 Å². The van der Waals surface area contributed by atoms with Crippen LogP contribution < -0.4 is 4.90 Å². The Bertz CT molecular complexity index is 436. The summed E-state index contributed by atoms with van der Waals surface area (Å²) in [6, 6.07) is 3.21. The summed E-state index contributed by atoms with van der Waals surface area (Å²) in [6.45, 7) is 2.57. The first-order valence-electron chi connectivity index (χ1n) is 5.63. The van der Waals surface area contributed by atoms with Crippen LogP contribution in [-0.2, 0) is 0 Å². The van der Waals surface area contributed by atoms with Gasteiger partial charge in [0.25, 0.3) is 5.69 Å². The lowest BCUT2D eigenvalue weighted by Crippen LogP contribution is -2.32. The van der Waals surface area contributed by atoms with Crippen LogP contribution in [0.15, 0.2) is 12.1 Å². The normalized spacial score (nSPS) is 19.6. The summed E-state index contributed by atoms with van der Waals surface area (Å²) in [5, 5.41) is 19.9. The Morgan fingerprint density at radius 3 is 3.00 bits per heavy atom. The van der Waals surface area contributed by atoms with Gasteiger partial charge < -0.3 is 10.0 Å². The van der Waals surface area contributed by atoms with E-state index in [4.69, 9.17) is 0 Å². The molecule has 1 aromatic rings. The second kappa shape index (κ2) is 4.67. The van der Waals surface area contributed by atoms with E-state index in [0.717, 1.165) is 19.4 Å². The number of anilines is 1. The van der Waals surface area contributed by atoms with Gasteiger partial charge in [0.15, 0.2) is 0 Å². The molecule has 1 fully saturated rings. The van der Waals surface area contributed by atoms with Gasteiger partial charge >= 0.3 is 0 Å². The maximum atomic E-state index is 10.7. The second-order valence-electron chi connectivity index (χ2n) is 4.20. The topological polar surface area (TPSA) is 79.5 Å². The van der Waals surface area contributed by atoms with Crippen LogP contribution in [0, 0.1) is 17.0 Å². The second-order valence-corrected chi connectivity index (χ2v) is 4.20. The average molecular weight is 237 g/mol. The van der Waals surface area contributed by atoms with E-state index < -0.39 is 4.92 Å². The Morgan fingerprint density at radius 1 is 1.65 bits per heavy atom. The van der Waals surface area contributed by atoms with Crippen LogP contribution in [-0.4, -0.2) is 34.2 Å². The molecule has 0 aliphatic carbocycles. The van der Waals surface area contributed by atoms with Gasteiger partial charge in [-0.15, -0.1) is 0 Å². The molecule has 92 valence electrons. The lowest BCUT2D eigenvalue weighted by atomic mass is 10.2. The molecular weight excluding hydrogens is 222 g/mol. The number of aryl methyl sites for hydroxylation is 1. The molecule has 0 radical (unpaired) electrons. The van der Waals surface area contributed by atoms with Crippen LogP contribution in [0.5, 0.6) is 0 Å². The average Bonchev–Trinajstić information content (AvgIpc) is 2.76. The quantitative estimate of drug-likeness (QED) is 0.632. The Kier molecular flexibility index (Phi) is 3.23. The number of aliphatic hydroxyl groups is 1. The zero-order valence-electron chi connectivity index (χ0n) is 9.67. The van der Waals surface area contributed by atoms with Gasteiger partial charge in [0.1, 0.15) is 11.5 Å². The Balaban J connectivity index is 2.28. The molecule has 2 rings (SSSR count). The fourth-order valence-corrected chi connectivity index (χ4v) is 2.22. The third-order valence-corrected chi connectivity index (χ3v) is 3.12. The molecular formula is C11H15N3O3. The van der Waals surface area contributed by atoms with Gasteiger partial charge in [-0.1, -0.05) is 0 Å². The van der Waals surface area contributed by atoms with Gasteiger partial charge in [0.05, 0.1) is 17.6 Å². The van der Waals surface area contributed by atoms with Gasteiger partial charge in [0.2, 0.25) is 0 Å². The van der Waals surface area contributed by atoms with Crippen molar-refractivity contribution >= 4 is 11.5 Å². The summed E-state index contributed by atoms with van der Waals surface area (Å²) >= 11 is 0. The lowest BCUT2D eigenvalue weighted by molar-refractivity contribution is -0.385. The van der Waals surface area contributed by atoms with E-state index in [1.54, 1.807) is 13.0 Å². The maximum Gasteiger partial charge on any atom is 0.290 e. The first-order chi connectivity index (χ1) is 8.13. The van der Waals surface area contributed by atoms with Crippen molar-refractivity contribution < 1.29 is 10.0 Å². The van der Waals surface area contributed by atoms with E-state index in [-0.39, 0.29) is 18.3 Å². The third-order valence-electron chi connectivity index (χ3n) is 3.12. The smallest absolute Gasteiger partial charge is 0.290 e. The highest BCUT2D eigenvalue weighted by Gasteiger charge is 2.25. The fraction of sp³-hybridized carbons (Fsp3) is 0.545. The maximum absolute atomic E-state index is 10.7. The molecule has 1 aromatic heterocycles. The minimum absolute atomic E-state index is 0.0356. The van der Waals surface area contributed by atoms with Crippen molar-refractivity contribution in [3.63, 3.8) is 0 Å². The highest BCUT2D eigenvalue weighted by atomic mass is 16.6. The van der Waals surface area contributed by atoms with Gasteiger partial charge in [-0.05, 0) is 25.8 Å². The van der Waals surface area contributed by atoms with E-state index in [9.17, 15) is 15.2 Å². The number of hydrogen-bond acceptors (Lipinski definition) is 5. The molecule has 0 amide bonds. The predicted octanol–water partition coefficient (Wildman–Crippen LogP) is 1.26. The number of hydrogen-bond donors (Lipinski definition) is 1. The number of rotatable bonds is 3. The summed E-state index contributed by atoms with van der Waals surface area (Å²) in [5.41, 5.74) is 0.449. The zero-order chi connectivity index (χ0) is 12.4. The Labute approximate surface area is 99.0 Å². The standard InChI is InChI=1S/C11H15N3O3/c1-8-10(14(16)17)4-5-11(12-8)13-6-2-3-9(13)7-15/h4-5,9,15H,2-3,6-7H2,1H3. The molecule has 0 bridgehead atoms. The molecule has 1 aliphatic rings. The molecule has 1 saturated heterocycles. The highest BCUT2D eigenvalue weighted by Crippen LogP contribution is 2.26.